The van der Waals surface area contributed by atoms with Crippen LogP contribution < -0.4 is 5.32 Å². The molecule has 3 heteroatoms. The van der Waals surface area contributed by atoms with E-state index in [4.69, 9.17) is 0 Å². The van der Waals surface area contributed by atoms with E-state index in [-0.39, 0.29) is 5.91 Å². The molecule has 1 aromatic carbocycles. The molecule has 0 saturated heterocycles. The van der Waals surface area contributed by atoms with Gasteiger partial charge in [-0.3, -0.25) is 4.79 Å². The van der Waals surface area contributed by atoms with Gasteiger partial charge in [-0.15, -0.1) is 0 Å². The van der Waals surface area contributed by atoms with Crippen molar-refractivity contribution in [3.63, 3.8) is 0 Å². The average molecular weight is 221 g/mol. The Balaban J connectivity index is 2.44. The first-order chi connectivity index (χ1) is 7.38. The lowest BCUT2D eigenvalue weighted by Gasteiger charge is -2.16. The van der Waals surface area contributed by atoms with Crippen molar-refractivity contribution in [2.24, 2.45) is 0 Å². The molecule has 1 amide bonds. The molecule has 0 radical (unpaired) electrons. The molecule has 16 heavy (non-hydrogen) atoms. The lowest BCUT2D eigenvalue weighted by molar-refractivity contribution is 0.0693. The summed E-state index contributed by atoms with van der Waals surface area (Å²) in [5, 5.41) is 12.3. The molecule has 0 heterocycles. The molecule has 0 atom stereocenters. The zero-order chi connectivity index (χ0) is 12.2. The van der Waals surface area contributed by atoms with E-state index < -0.39 is 5.60 Å². The normalized spacial score (nSPS) is 11.2. The number of carbonyl (C=O) groups is 1. The predicted molar refractivity (Wildman–Crippen MR) is 64.4 cm³/mol. The highest BCUT2D eigenvalue weighted by Crippen LogP contribution is 2.06. The number of hydrogen-bond donors (Lipinski definition) is 2. The van der Waals surface area contributed by atoms with Crippen LogP contribution in [0.5, 0.6) is 0 Å². The Labute approximate surface area is 96.5 Å². The molecule has 1 rings (SSSR count). The van der Waals surface area contributed by atoms with Crippen LogP contribution in [0.25, 0.3) is 0 Å². The quantitative estimate of drug-likeness (QED) is 0.815. The Kier molecular flexibility index (Phi) is 4.07. The molecular weight excluding hydrogens is 202 g/mol. The number of nitrogens with one attached hydrogen (secondary N) is 1. The van der Waals surface area contributed by atoms with E-state index in [1.165, 1.54) is 0 Å². The topological polar surface area (TPSA) is 49.3 Å². The second-order valence-electron chi connectivity index (χ2n) is 4.68. The van der Waals surface area contributed by atoms with E-state index in [0.29, 0.717) is 18.5 Å². The number of rotatable bonds is 4. The zero-order valence-electron chi connectivity index (χ0n) is 10.1. The largest absolute Gasteiger partial charge is 0.390 e. The third-order valence-electron chi connectivity index (χ3n) is 2.34. The minimum absolute atomic E-state index is 0.0933. The molecule has 0 aliphatic rings. The van der Waals surface area contributed by atoms with Gasteiger partial charge in [0, 0.05) is 12.1 Å². The van der Waals surface area contributed by atoms with Crippen molar-refractivity contribution in [2.45, 2.75) is 32.8 Å². The van der Waals surface area contributed by atoms with Crippen molar-refractivity contribution in [2.75, 3.05) is 6.54 Å². The number of carbonyl (C=O) groups excluding carboxylic acids is 1. The van der Waals surface area contributed by atoms with Crippen molar-refractivity contribution in [3.05, 3.63) is 35.4 Å². The SMILES string of the molecule is Cc1ccc(C(=O)NCCC(C)(C)O)cc1. The summed E-state index contributed by atoms with van der Waals surface area (Å²) in [5.74, 6) is -0.0933. The lowest BCUT2D eigenvalue weighted by atomic mass is 10.1. The van der Waals surface area contributed by atoms with Crippen LogP contribution in [-0.4, -0.2) is 23.2 Å². The maximum atomic E-state index is 11.6. The van der Waals surface area contributed by atoms with Crippen molar-refractivity contribution in [1.82, 2.24) is 5.32 Å². The number of amides is 1. The van der Waals surface area contributed by atoms with Gasteiger partial charge in [0.05, 0.1) is 5.60 Å². The number of benzene rings is 1. The van der Waals surface area contributed by atoms with Gasteiger partial charge < -0.3 is 10.4 Å². The van der Waals surface area contributed by atoms with Gasteiger partial charge in [-0.1, -0.05) is 17.7 Å². The standard InChI is InChI=1S/C13H19NO2/c1-10-4-6-11(7-5-10)12(15)14-9-8-13(2,3)16/h4-7,16H,8-9H2,1-3H3,(H,14,15). The fourth-order valence-electron chi connectivity index (χ4n) is 1.29. The van der Waals surface area contributed by atoms with Crippen LogP contribution in [0.4, 0.5) is 0 Å². The maximum absolute atomic E-state index is 11.6. The average Bonchev–Trinajstić information content (AvgIpc) is 2.16. The van der Waals surface area contributed by atoms with E-state index in [1.54, 1.807) is 26.0 Å². The van der Waals surface area contributed by atoms with Crippen molar-refractivity contribution in [1.29, 1.82) is 0 Å². The molecule has 0 saturated carbocycles. The third kappa shape index (κ3) is 4.45. The monoisotopic (exact) mass is 221 g/mol. The Morgan fingerprint density at radius 1 is 1.31 bits per heavy atom. The molecule has 0 aliphatic carbocycles. The first kappa shape index (κ1) is 12.7. The van der Waals surface area contributed by atoms with Crippen molar-refractivity contribution < 1.29 is 9.90 Å². The summed E-state index contributed by atoms with van der Waals surface area (Å²) in [4.78, 5) is 11.6. The second kappa shape index (κ2) is 5.12. The maximum Gasteiger partial charge on any atom is 0.251 e. The summed E-state index contributed by atoms with van der Waals surface area (Å²) in [6.45, 7) is 5.92. The molecule has 0 spiro atoms. The first-order valence-corrected chi connectivity index (χ1v) is 5.46. The van der Waals surface area contributed by atoms with E-state index in [0.717, 1.165) is 5.56 Å². The number of hydrogen-bond acceptors (Lipinski definition) is 2. The Bertz CT molecular complexity index is 349. The highest BCUT2D eigenvalue weighted by molar-refractivity contribution is 5.94. The van der Waals surface area contributed by atoms with Gasteiger partial charge in [0.15, 0.2) is 0 Å². The minimum Gasteiger partial charge on any atom is -0.390 e. The van der Waals surface area contributed by atoms with Crippen molar-refractivity contribution in [3.8, 4) is 0 Å². The molecule has 2 N–H and O–H groups in total. The molecule has 1 aromatic rings. The van der Waals surface area contributed by atoms with Crippen LogP contribution in [0.15, 0.2) is 24.3 Å². The van der Waals surface area contributed by atoms with Gasteiger partial charge in [-0.25, -0.2) is 0 Å². The summed E-state index contributed by atoms with van der Waals surface area (Å²) in [6, 6.07) is 7.42. The van der Waals surface area contributed by atoms with Crippen LogP contribution >= 0.6 is 0 Å². The number of aliphatic hydroxyl groups is 1. The smallest absolute Gasteiger partial charge is 0.251 e. The van der Waals surface area contributed by atoms with Gasteiger partial charge in [0.1, 0.15) is 0 Å². The summed E-state index contributed by atoms with van der Waals surface area (Å²) in [5.41, 5.74) is 1.05. The molecule has 0 aromatic heterocycles. The molecule has 0 bridgehead atoms. The highest BCUT2D eigenvalue weighted by Gasteiger charge is 2.12. The van der Waals surface area contributed by atoms with E-state index in [9.17, 15) is 9.90 Å². The summed E-state index contributed by atoms with van der Waals surface area (Å²) >= 11 is 0. The fraction of sp³-hybridized carbons (Fsp3) is 0.462. The Morgan fingerprint density at radius 3 is 2.38 bits per heavy atom. The Hall–Kier alpha value is -1.35. The molecule has 0 fully saturated rings. The molecule has 88 valence electrons. The molecular formula is C13H19NO2. The zero-order valence-corrected chi connectivity index (χ0v) is 10.1. The van der Waals surface area contributed by atoms with Gasteiger partial charge in [0.2, 0.25) is 0 Å². The summed E-state index contributed by atoms with van der Waals surface area (Å²) in [6.07, 6.45) is 0.546. The predicted octanol–water partition coefficient (Wildman–Crippen LogP) is 1.89. The first-order valence-electron chi connectivity index (χ1n) is 5.46. The molecule has 3 nitrogen and oxygen atoms in total. The van der Waals surface area contributed by atoms with Crippen LogP contribution in [0, 0.1) is 6.92 Å². The van der Waals surface area contributed by atoms with Crippen LogP contribution in [0.1, 0.15) is 36.2 Å². The fourth-order valence-corrected chi connectivity index (χ4v) is 1.29. The van der Waals surface area contributed by atoms with Gasteiger partial charge >= 0.3 is 0 Å². The van der Waals surface area contributed by atoms with Gasteiger partial charge in [-0.2, -0.15) is 0 Å². The summed E-state index contributed by atoms with van der Waals surface area (Å²) < 4.78 is 0. The Morgan fingerprint density at radius 2 is 1.88 bits per heavy atom. The molecule has 0 unspecified atom stereocenters. The van der Waals surface area contributed by atoms with Crippen LogP contribution in [0.2, 0.25) is 0 Å². The van der Waals surface area contributed by atoms with Gasteiger partial charge in [0.25, 0.3) is 5.91 Å². The lowest BCUT2D eigenvalue weighted by Crippen LogP contribution is -2.30. The number of aryl methyl sites for hydroxylation is 1. The van der Waals surface area contributed by atoms with Gasteiger partial charge in [-0.05, 0) is 39.3 Å². The van der Waals surface area contributed by atoms with Crippen LogP contribution in [0.3, 0.4) is 0 Å². The van der Waals surface area contributed by atoms with E-state index in [2.05, 4.69) is 5.32 Å². The van der Waals surface area contributed by atoms with E-state index in [1.807, 2.05) is 19.1 Å². The second-order valence-corrected chi connectivity index (χ2v) is 4.68. The van der Waals surface area contributed by atoms with Crippen LogP contribution in [-0.2, 0) is 0 Å². The third-order valence-corrected chi connectivity index (χ3v) is 2.34. The van der Waals surface area contributed by atoms with Crippen molar-refractivity contribution >= 4 is 5.91 Å². The summed E-state index contributed by atoms with van der Waals surface area (Å²) in [7, 11) is 0. The molecule has 0 aliphatic heterocycles. The minimum atomic E-state index is -0.736. The van der Waals surface area contributed by atoms with E-state index >= 15 is 0 Å². The highest BCUT2D eigenvalue weighted by atomic mass is 16.3.